The van der Waals surface area contributed by atoms with Crippen molar-refractivity contribution in [3.05, 3.63) is 28.2 Å². The highest BCUT2D eigenvalue weighted by Gasteiger charge is 2.49. The van der Waals surface area contributed by atoms with Crippen molar-refractivity contribution in [3.63, 3.8) is 0 Å². The van der Waals surface area contributed by atoms with Gasteiger partial charge in [-0.2, -0.15) is 4.99 Å². The number of nitrogens with zero attached hydrogens (tertiary/aromatic N) is 2. The van der Waals surface area contributed by atoms with Crippen LogP contribution in [-0.2, 0) is 19.4 Å². The highest BCUT2D eigenvalue weighted by atomic mass is 35.5. The van der Waals surface area contributed by atoms with E-state index in [2.05, 4.69) is 4.99 Å². The topological polar surface area (TPSA) is 76.0 Å². The molecule has 0 bridgehead atoms. The molecule has 1 amide bonds. The second-order valence-corrected chi connectivity index (χ2v) is 9.69. The lowest BCUT2D eigenvalue weighted by atomic mass is 10.2. The van der Waals surface area contributed by atoms with Gasteiger partial charge in [0, 0.05) is 17.4 Å². The Balaban J connectivity index is 2.04. The van der Waals surface area contributed by atoms with Gasteiger partial charge in [0.05, 0.1) is 28.3 Å². The Hall–Kier alpha value is -0.800. The van der Waals surface area contributed by atoms with Gasteiger partial charge in [0.15, 0.2) is 15.0 Å². The largest absolute Gasteiger partial charge is 0.375 e. The van der Waals surface area contributed by atoms with Crippen molar-refractivity contribution in [1.82, 2.24) is 0 Å². The number of thioether (sulfide) groups is 1. The van der Waals surface area contributed by atoms with Gasteiger partial charge in [0.2, 0.25) is 0 Å². The number of carbonyl (C=O) groups is 1. The molecule has 24 heavy (non-hydrogen) atoms. The van der Waals surface area contributed by atoms with Gasteiger partial charge in [-0.05, 0) is 18.2 Å². The number of rotatable bonds is 3. The summed E-state index contributed by atoms with van der Waals surface area (Å²) in [5.41, 5.74) is 0.547. The molecule has 2 saturated heterocycles. The summed E-state index contributed by atoms with van der Waals surface area (Å²) in [5, 5.41) is 1.10. The third kappa shape index (κ3) is 3.57. The van der Waals surface area contributed by atoms with E-state index in [1.54, 1.807) is 23.1 Å². The number of carbonyl (C=O) groups excluding carboxylic acids is 1. The van der Waals surface area contributed by atoms with Crippen molar-refractivity contribution >= 4 is 61.6 Å². The Morgan fingerprint density at radius 1 is 1.42 bits per heavy atom. The third-order valence-corrected chi connectivity index (χ3v) is 7.49. The van der Waals surface area contributed by atoms with E-state index >= 15 is 0 Å². The van der Waals surface area contributed by atoms with Gasteiger partial charge in [0.25, 0.3) is 5.91 Å². The first-order valence-corrected chi connectivity index (χ1v) is 10.5. The summed E-state index contributed by atoms with van der Waals surface area (Å²) in [6.07, 6.45) is 0. The predicted octanol–water partition coefficient (Wildman–Crippen LogP) is 2.24. The van der Waals surface area contributed by atoms with Crippen molar-refractivity contribution in [1.29, 1.82) is 0 Å². The highest BCUT2D eigenvalue weighted by molar-refractivity contribution is 8.16. The van der Waals surface area contributed by atoms with Crippen molar-refractivity contribution in [2.24, 2.45) is 4.99 Å². The smallest absolute Gasteiger partial charge is 0.274 e. The van der Waals surface area contributed by atoms with Crippen molar-refractivity contribution in [2.75, 3.05) is 30.1 Å². The number of benzene rings is 1. The van der Waals surface area contributed by atoms with E-state index in [0.717, 1.165) is 0 Å². The van der Waals surface area contributed by atoms with Gasteiger partial charge < -0.3 is 9.64 Å². The second-order valence-electron chi connectivity index (χ2n) is 5.49. The number of amides is 1. The lowest BCUT2D eigenvalue weighted by molar-refractivity contribution is -0.121. The van der Waals surface area contributed by atoms with Crippen LogP contribution >= 0.6 is 35.0 Å². The van der Waals surface area contributed by atoms with Gasteiger partial charge in [-0.3, -0.25) is 4.79 Å². The highest BCUT2D eigenvalue weighted by Crippen LogP contribution is 2.43. The van der Waals surface area contributed by atoms with Crippen LogP contribution in [0.25, 0.3) is 0 Å². The number of fused-ring (bicyclic) bond motifs is 1. The normalized spacial score (nSPS) is 26.8. The fourth-order valence-corrected chi connectivity index (χ4v) is 7.08. The molecule has 10 heteroatoms. The summed E-state index contributed by atoms with van der Waals surface area (Å²) in [6.45, 7) is -0.144. The standard InChI is InChI=1S/C14H14Cl2N2O4S2/c1-22-5-13(19)17-14-18(10-4-8(15)2-3-9(10)16)11-6-24(20,21)7-12(11)23-14/h2-4,11-12H,5-7H2,1H3/t11-,12-/m0/s1. The minimum absolute atomic E-state index is 0.00893. The number of anilines is 1. The molecular formula is C14H14Cl2N2O4S2. The molecule has 1 aromatic rings. The van der Waals surface area contributed by atoms with Crippen LogP contribution in [0.15, 0.2) is 23.2 Å². The Labute approximate surface area is 154 Å². The van der Waals surface area contributed by atoms with Crippen LogP contribution in [0.1, 0.15) is 0 Å². The number of methoxy groups -OCH3 is 1. The molecule has 6 nitrogen and oxygen atoms in total. The maximum atomic E-state index is 12.0. The molecule has 2 aliphatic rings. The van der Waals surface area contributed by atoms with Crippen LogP contribution in [0.3, 0.4) is 0 Å². The lowest BCUT2D eigenvalue weighted by Crippen LogP contribution is -2.38. The molecule has 2 atom stereocenters. The first-order chi connectivity index (χ1) is 11.3. The number of hydrogen-bond donors (Lipinski definition) is 0. The summed E-state index contributed by atoms with van der Waals surface area (Å²) in [6, 6.07) is 4.60. The molecule has 0 N–H and O–H groups in total. The third-order valence-electron chi connectivity index (χ3n) is 3.72. The molecule has 3 rings (SSSR count). The summed E-state index contributed by atoms with van der Waals surface area (Å²) in [4.78, 5) is 17.6. The van der Waals surface area contributed by atoms with Crippen LogP contribution in [-0.4, -0.2) is 56.0 Å². The SMILES string of the molecule is COCC(=O)N=C1S[C@H]2CS(=O)(=O)C[C@@H]2N1c1cc(Cl)ccc1Cl. The van der Waals surface area contributed by atoms with Crippen LogP contribution in [0, 0.1) is 0 Å². The number of aliphatic imine (C=N–C) groups is 1. The fourth-order valence-electron chi connectivity index (χ4n) is 2.78. The quantitative estimate of drug-likeness (QED) is 0.762. The molecule has 0 radical (unpaired) electrons. The van der Waals surface area contributed by atoms with Crippen LogP contribution < -0.4 is 4.90 Å². The van der Waals surface area contributed by atoms with E-state index in [9.17, 15) is 13.2 Å². The van der Waals surface area contributed by atoms with Gasteiger partial charge >= 0.3 is 0 Å². The van der Waals surface area contributed by atoms with Crippen molar-refractivity contribution in [3.8, 4) is 0 Å². The van der Waals surface area contributed by atoms with Crippen LogP contribution in [0.4, 0.5) is 5.69 Å². The van der Waals surface area contributed by atoms with Gasteiger partial charge in [0.1, 0.15) is 6.61 Å². The summed E-state index contributed by atoms with van der Waals surface area (Å²) in [7, 11) is -1.73. The van der Waals surface area contributed by atoms with Gasteiger partial charge in [-0.1, -0.05) is 35.0 Å². The molecule has 2 heterocycles. The number of sulfone groups is 1. The first-order valence-electron chi connectivity index (χ1n) is 7.02. The predicted molar refractivity (Wildman–Crippen MR) is 97.1 cm³/mol. The molecular weight excluding hydrogens is 395 g/mol. The Kier molecular flexibility index (Phi) is 5.13. The number of hydrogen-bond acceptors (Lipinski definition) is 5. The molecule has 2 aliphatic heterocycles. The minimum atomic E-state index is -3.13. The van der Waals surface area contributed by atoms with E-state index < -0.39 is 15.7 Å². The van der Waals surface area contributed by atoms with Gasteiger partial charge in [-0.15, -0.1) is 0 Å². The number of halogens is 2. The zero-order valence-electron chi connectivity index (χ0n) is 12.6. The van der Waals surface area contributed by atoms with Crippen molar-refractivity contribution in [2.45, 2.75) is 11.3 Å². The van der Waals surface area contributed by atoms with E-state index in [1.165, 1.54) is 18.9 Å². The maximum Gasteiger partial charge on any atom is 0.274 e. The Bertz CT molecular complexity index is 813. The fraction of sp³-hybridized carbons (Fsp3) is 0.429. The monoisotopic (exact) mass is 408 g/mol. The summed E-state index contributed by atoms with van der Waals surface area (Å²) < 4.78 is 28.8. The van der Waals surface area contributed by atoms with Crippen molar-refractivity contribution < 1.29 is 17.9 Å². The molecule has 2 fully saturated rings. The zero-order chi connectivity index (χ0) is 17.5. The molecule has 0 aliphatic carbocycles. The van der Waals surface area contributed by atoms with Gasteiger partial charge in [-0.25, -0.2) is 8.42 Å². The Morgan fingerprint density at radius 2 is 2.17 bits per heavy atom. The molecule has 130 valence electrons. The second kappa shape index (κ2) is 6.84. The van der Waals surface area contributed by atoms with E-state index in [0.29, 0.717) is 20.9 Å². The van der Waals surface area contributed by atoms with E-state index in [4.69, 9.17) is 27.9 Å². The number of ether oxygens (including phenoxy) is 1. The van der Waals surface area contributed by atoms with Crippen LogP contribution in [0.2, 0.25) is 10.0 Å². The summed E-state index contributed by atoms with van der Waals surface area (Å²) >= 11 is 13.6. The maximum absolute atomic E-state index is 12.0. The molecule has 0 saturated carbocycles. The van der Waals surface area contributed by atoms with Crippen LogP contribution in [0.5, 0.6) is 0 Å². The Morgan fingerprint density at radius 3 is 2.88 bits per heavy atom. The lowest BCUT2D eigenvalue weighted by Gasteiger charge is -2.25. The summed E-state index contributed by atoms with van der Waals surface area (Å²) in [5.74, 6) is -0.398. The zero-order valence-corrected chi connectivity index (χ0v) is 15.8. The van der Waals surface area contributed by atoms with E-state index in [1.807, 2.05) is 0 Å². The molecule has 0 aromatic heterocycles. The minimum Gasteiger partial charge on any atom is -0.375 e. The molecule has 0 spiro atoms. The molecule has 1 aromatic carbocycles. The molecule has 0 unspecified atom stereocenters. The first kappa shape index (κ1) is 18.0. The average molecular weight is 409 g/mol. The number of amidine groups is 1. The average Bonchev–Trinajstić information content (AvgIpc) is 2.93. The van der Waals surface area contributed by atoms with E-state index in [-0.39, 0.29) is 29.4 Å².